The Kier molecular flexibility index (Phi) is 5.23. The molecule has 27 heavy (non-hydrogen) atoms. The Hall–Kier alpha value is -2.24. The summed E-state index contributed by atoms with van der Waals surface area (Å²) in [6.07, 6.45) is 4.43. The number of amides is 2. The van der Waals surface area contributed by atoms with Gasteiger partial charge in [0, 0.05) is 38.9 Å². The largest absolute Gasteiger partial charge is 0.490 e. The van der Waals surface area contributed by atoms with E-state index >= 15 is 0 Å². The van der Waals surface area contributed by atoms with E-state index in [4.69, 9.17) is 9.47 Å². The number of benzene rings is 1. The van der Waals surface area contributed by atoms with Crippen molar-refractivity contribution in [3.63, 3.8) is 0 Å². The van der Waals surface area contributed by atoms with Crippen molar-refractivity contribution in [3.8, 4) is 11.5 Å². The van der Waals surface area contributed by atoms with Crippen LogP contribution in [-0.2, 0) is 9.59 Å². The SMILES string of the molecule is CC(=O)N1CCC(C(=O)N2CCC[C@@H]2c2ccc3c(c2)OCCCO3)CC1. The lowest BCUT2D eigenvalue weighted by Crippen LogP contribution is -2.43. The summed E-state index contributed by atoms with van der Waals surface area (Å²) < 4.78 is 11.6. The molecule has 0 radical (unpaired) electrons. The summed E-state index contributed by atoms with van der Waals surface area (Å²) in [7, 11) is 0. The van der Waals surface area contributed by atoms with E-state index in [2.05, 4.69) is 12.1 Å². The topological polar surface area (TPSA) is 59.1 Å². The van der Waals surface area contributed by atoms with Crippen LogP contribution < -0.4 is 9.47 Å². The Labute approximate surface area is 160 Å². The van der Waals surface area contributed by atoms with Gasteiger partial charge in [-0.15, -0.1) is 0 Å². The molecule has 0 aromatic heterocycles. The minimum atomic E-state index is 0.0293. The molecule has 0 aliphatic carbocycles. The summed E-state index contributed by atoms with van der Waals surface area (Å²) >= 11 is 0. The Morgan fingerprint density at radius 3 is 2.44 bits per heavy atom. The minimum absolute atomic E-state index is 0.0293. The second-order valence-corrected chi connectivity index (χ2v) is 7.73. The van der Waals surface area contributed by atoms with Crippen LogP contribution in [0.1, 0.15) is 50.6 Å². The van der Waals surface area contributed by atoms with Crippen LogP contribution in [0.25, 0.3) is 0 Å². The Balaban J connectivity index is 1.47. The van der Waals surface area contributed by atoms with E-state index in [1.807, 2.05) is 15.9 Å². The zero-order valence-corrected chi connectivity index (χ0v) is 16.0. The fourth-order valence-corrected chi connectivity index (χ4v) is 4.44. The van der Waals surface area contributed by atoms with Gasteiger partial charge >= 0.3 is 0 Å². The van der Waals surface area contributed by atoms with Crippen LogP contribution in [0.4, 0.5) is 0 Å². The smallest absolute Gasteiger partial charge is 0.226 e. The van der Waals surface area contributed by atoms with Crippen molar-refractivity contribution < 1.29 is 19.1 Å². The molecular weight excluding hydrogens is 344 g/mol. The van der Waals surface area contributed by atoms with Gasteiger partial charge in [0.15, 0.2) is 11.5 Å². The zero-order chi connectivity index (χ0) is 18.8. The van der Waals surface area contributed by atoms with Gasteiger partial charge in [0.25, 0.3) is 0 Å². The van der Waals surface area contributed by atoms with Crippen molar-refractivity contribution in [3.05, 3.63) is 23.8 Å². The van der Waals surface area contributed by atoms with Gasteiger partial charge in [-0.25, -0.2) is 0 Å². The Morgan fingerprint density at radius 1 is 0.963 bits per heavy atom. The van der Waals surface area contributed by atoms with Crippen LogP contribution in [0, 0.1) is 5.92 Å². The van der Waals surface area contributed by atoms with Gasteiger partial charge in [0.05, 0.1) is 19.3 Å². The molecule has 0 spiro atoms. The molecule has 4 rings (SSSR count). The molecule has 2 amide bonds. The number of carbonyl (C=O) groups is 2. The number of carbonyl (C=O) groups excluding carboxylic acids is 2. The summed E-state index contributed by atoms with van der Waals surface area (Å²) in [5, 5.41) is 0. The molecular formula is C21H28N2O4. The van der Waals surface area contributed by atoms with Crippen LogP contribution >= 0.6 is 0 Å². The highest BCUT2D eigenvalue weighted by molar-refractivity contribution is 5.80. The number of hydrogen-bond acceptors (Lipinski definition) is 4. The monoisotopic (exact) mass is 372 g/mol. The third-order valence-electron chi connectivity index (χ3n) is 5.98. The van der Waals surface area contributed by atoms with Crippen molar-refractivity contribution in [2.75, 3.05) is 32.8 Å². The van der Waals surface area contributed by atoms with Gasteiger partial charge in [-0.05, 0) is 43.4 Å². The average molecular weight is 372 g/mol. The maximum absolute atomic E-state index is 13.2. The van der Waals surface area contributed by atoms with Crippen molar-refractivity contribution in [2.45, 2.75) is 45.1 Å². The van der Waals surface area contributed by atoms with Gasteiger partial charge in [-0.3, -0.25) is 9.59 Å². The lowest BCUT2D eigenvalue weighted by molar-refractivity contribution is -0.140. The molecule has 3 aliphatic rings. The minimum Gasteiger partial charge on any atom is -0.490 e. The van der Waals surface area contributed by atoms with Crippen LogP contribution in [0.5, 0.6) is 11.5 Å². The number of ether oxygens (including phenoxy) is 2. The van der Waals surface area contributed by atoms with Crippen LogP contribution in [0.15, 0.2) is 18.2 Å². The predicted octanol–water partition coefficient (Wildman–Crippen LogP) is 2.77. The molecule has 2 saturated heterocycles. The summed E-state index contributed by atoms with van der Waals surface area (Å²) in [5.74, 6) is 1.96. The van der Waals surface area contributed by atoms with Crippen LogP contribution in [0.3, 0.4) is 0 Å². The van der Waals surface area contributed by atoms with E-state index in [-0.39, 0.29) is 23.8 Å². The molecule has 146 valence electrons. The fraction of sp³-hybridized carbons (Fsp3) is 0.619. The first-order valence-corrected chi connectivity index (χ1v) is 10.1. The first-order chi connectivity index (χ1) is 13.1. The van der Waals surface area contributed by atoms with Gasteiger partial charge in [-0.2, -0.15) is 0 Å². The lowest BCUT2D eigenvalue weighted by Gasteiger charge is -2.34. The van der Waals surface area contributed by atoms with E-state index in [1.54, 1.807) is 6.92 Å². The quantitative estimate of drug-likeness (QED) is 0.801. The van der Waals surface area contributed by atoms with Crippen molar-refractivity contribution >= 4 is 11.8 Å². The standard InChI is InChI=1S/C21H28N2O4/c1-15(24)22-10-7-16(8-11-22)21(25)23-9-2-4-18(23)17-5-6-19-20(14-17)27-13-3-12-26-19/h5-6,14,16,18H,2-4,7-13H2,1H3/t18-/m1/s1. The Bertz CT molecular complexity index is 712. The maximum atomic E-state index is 13.2. The maximum Gasteiger partial charge on any atom is 0.226 e. The van der Waals surface area contributed by atoms with E-state index < -0.39 is 0 Å². The molecule has 1 atom stereocenters. The number of nitrogens with zero attached hydrogens (tertiary/aromatic N) is 2. The van der Waals surface area contributed by atoms with E-state index in [1.165, 1.54) is 0 Å². The normalized spacial score (nSPS) is 23.2. The number of fused-ring (bicyclic) bond motifs is 1. The third kappa shape index (κ3) is 3.75. The first-order valence-electron chi connectivity index (χ1n) is 10.1. The molecule has 1 aromatic carbocycles. The summed E-state index contributed by atoms with van der Waals surface area (Å²) in [5.41, 5.74) is 1.13. The second kappa shape index (κ2) is 7.79. The number of piperidine rings is 1. The molecule has 3 heterocycles. The number of rotatable bonds is 2. The summed E-state index contributed by atoms with van der Waals surface area (Å²) in [6.45, 7) is 5.13. The molecule has 2 fully saturated rings. The van der Waals surface area contributed by atoms with Gasteiger partial charge in [0.1, 0.15) is 0 Å². The highest BCUT2D eigenvalue weighted by Crippen LogP contribution is 2.39. The predicted molar refractivity (Wildman–Crippen MR) is 101 cm³/mol. The third-order valence-corrected chi connectivity index (χ3v) is 5.98. The van der Waals surface area contributed by atoms with Crippen LogP contribution in [0.2, 0.25) is 0 Å². The molecule has 1 aromatic rings. The fourth-order valence-electron chi connectivity index (χ4n) is 4.44. The summed E-state index contributed by atoms with van der Waals surface area (Å²) in [6, 6.07) is 6.21. The Morgan fingerprint density at radius 2 is 1.70 bits per heavy atom. The zero-order valence-electron chi connectivity index (χ0n) is 16.0. The van der Waals surface area contributed by atoms with Crippen molar-refractivity contribution in [2.24, 2.45) is 5.92 Å². The second-order valence-electron chi connectivity index (χ2n) is 7.73. The number of hydrogen-bond donors (Lipinski definition) is 0. The summed E-state index contributed by atoms with van der Waals surface area (Å²) in [4.78, 5) is 28.6. The highest BCUT2D eigenvalue weighted by atomic mass is 16.5. The average Bonchev–Trinajstić information content (AvgIpc) is 3.06. The van der Waals surface area contributed by atoms with E-state index in [0.29, 0.717) is 26.3 Å². The molecule has 0 unspecified atom stereocenters. The van der Waals surface area contributed by atoms with Gasteiger partial charge < -0.3 is 19.3 Å². The molecule has 0 N–H and O–H groups in total. The number of likely N-dealkylation sites (tertiary alicyclic amines) is 2. The van der Waals surface area contributed by atoms with Crippen molar-refractivity contribution in [1.29, 1.82) is 0 Å². The molecule has 6 nitrogen and oxygen atoms in total. The highest BCUT2D eigenvalue weighted by Gasteiger charge is 2.36. The molecule has 6 heteroatoms. The first kappa shape index (κ1) is 18.1. The van der Waals surface area contributed by atoms with Gasteiger partial charge in [0.2, 0.25) is 11.8 Å². The molecule has 0 bridgehead atoms. The van der Waals surface area contributed by atoms with E-state index in [0.717, 1.165) is 55.7 Å². The van der Waals surface area contributed by atoms with Crippen molar-refractivity contribution in [1.82, 2.24) is 9.80 Å². The van der Waals surface area contributed by atoms with Crippen LogP contribution in [-0.4, -0.2) is 54.5 Å². The van der Waals surface area contributed by atoms with E-state index in [9.17, 15) is 9.59 Å². The van der Waals surface area contributed by atoms with Gasteiger partial charge in [-0.1, -0.05) is 6.07 Å². The molecule has 0 saturated carbocycles. The lowest BCUT2D eigenvalue weighted by atomic mass is 9.94. The molecule has 3 aliphatic heterocycles.